The normalized spacial score (nSPS) is 10.8. The highest BCUT2D eigenvalue weighted by Crippen LogP contribution is 2.24. The summed E-state index contributed by atoms with van der Waals surface area (Å²) in [7, 11) is 0. The van der Waals surface area contributed by atoms with E-state index in [9.17, 15) is 13.6 Å². The van der Waals surface area contributed by atoms with Crippen molar-refractivity contribution in [2.45, 2.75) is 20.5 Å². The third-order valence-electron chi connectivity index (χ3n) is 3.07. The van der Waals surface area contributed by atoms with Crippen LogP contribution in [0.25, 0.3) is 0 Å². The summed E-state index contributed by atoms with van der Waals surface area (Å²) in [5.41, 5.74) is 2.30. The van der Waals surface area contributed by atoms with Gasteiger partial charge in [0, 0.05) is 16.1 Å². The summed E-state index contributed by atoms with van der Waals surface area (Å²) in [4.78, 5) is 12.5. The van der Waals surface area contributed by atoms with Gasteiger partial charge in [-0.3, -0.25) is 4.79 Å². The van der Waals surface area contributed by atoms with Crippen molar-refractivity contribution in [3.63, 3.8) is 0 Å². The van der Waals surface area contributed by atoms with Gasteiger partial charge in [0.15, 0.2) is 5.78 Å². The number of ether oxygens (including phenoxy) is 1. The van der Waals surface area contributed by atoms with Gasteiger partial charge in [-0.1, -0.05) is 23.7 Å². The van der Waals surface area contributed by atoms with Gasteiger partial charge in [0.1, 0.15) is 5.75 Å². The van der Waals surface area contributed by atoms with Crippen LogP contribution in [0.5, 0.6) is 5.75 Å². The van der Waals surface area contributed by atoms with Crippen LogP contribution in [0.2, 0.25) is 5.02 Å². The molecule has 5 heteroatoms. The molecule has 0 spiro atoms. The van der Waals surface area contributed by atoms with Gasteiger partial charge in [0.2, 0.25) is 0 Å². The summed E-state index contributed by atoms with van der Waals surface area (Å²) >= 11 is 6.00. The van der Waals surface area contributed by atoms with E-state index in [1.54, 1.807) is 32.0 Å². The van der Waals surface area contributed by atoms with E-state index in [1.165, 1.54) is 18.2 Å². The lowest BCUT2D eigenvalue weighted by Gasteiger charge is -2.10. The molecule has 0 saturated heterocycles. The number of hydrogen-bond acceptors (Lipinski definition) is 2. The third-order valence-corrected chi connectivity index (χ3v) is 3.48. The van der Waals surface area contributed by atoms with E-state index in [0.29, 0.717) is 10.6 Å². The predicted molar refractivity (Wildman–Crippen MR) is 77.4 cm³/mol. The summed E-state index contributed by atoms with van der Waals surface area (Å²) in [6.45, 7) is 0.655. The molecule has 0 saturated carbocycles. The molecule has 2 nitrogen and oxygen atoms in total. The number of alkyl halides is 2. The number of halogens is 3. The molecule has 2 aromatic carbocycles. The summed E-state index contributed by atoms with van der Waals surface area (Å²) in [5.74, 6) is -0.300. The van der Waals surface area contributed by atoms with Gasteiger partial charge >= 0.3 is 6.61 Å². The molecule has 0 radical (unpaired) electrons. The Morgan fingerprint density at radius 1 is 1.14 bits per heavy atom. The molecule has 110 valence electrons. The molecular weight excluding hydrogens is 298 g/mol. The van der Waals surface area contributed by atoms with Gasteiger partial charge in [0.05, 0.1) is 0 Å². The second-order valence-corrected chi connectivity index (χ2v) is 5.06. The van der Waals surface area contributed by atoms with E-state index in [-0.39, 0.29) is 17.1 Å². The number of aryl methyl sites for hydroxylation is 2. The standard InChI is InChI=1S/C16H13ClF2O2/c1-9-7-14(17)10(2)6-13(9)15(20)11-4-3-5-12(8-11)21-16(18)19/h3-8,16H,1-2H3. The Morgan fingerprint density at radius 2 is 1.86 bits per heavy atom. The van der Waals surface area contributed by atoms with Crippen LogP contribution in [-0.2, 0) is 0 Å². The maximum atomic E-state index is 12.5. The predicted octanol–water partition coefficient (Wildman–Crippen LogP) is 4.79. The van der Waals surface area contributed by atoms with Gasteiger partial charge in [-0.25, -0.2) is 0 Å². The highest BCUT2D eigenvalue weighted by Gasteiger charge is 2.15. The average Bonchev–Trinajstić information content (AvgIpc) is 2.41. The van der Waals surface area contributed by atoms with Gasteiger partial charge in [-0.05, 0) is 49.2 Å². The van der Waals surface area contributed by atoms with Crippen molar-refractivity contribution in [2.75, 3.05) is 0 Å². The average molecular weight is 311 g/mol. The fourth-order valence-corrected chi connectivity index (χ4v) is 2.21. The Bertz CT molecular complexity index is 684. The summed E-state index contributed by atoms with van der Waals surface area (Å²) in [5, 5.41) is 0.582. The van der Waals surface area contributed by atoms with Crippen LogP contribution in [-0.4, -0.2) is 12.4 Å². The maximum absolute atomic E-state index is 12.5. The van der Waals surface area contributed by atoms with E-state index < -0.39 is 6.61 Å². The quantitative estimate of drug-likeness (QED) is 0.759. The van der Waals surface area contributed by atoms with Crippen LogP contribution in [0, 0.1) is 13.8 Å². The van der Waals surface area contributed by atoms with Crippen molar-refractivity contribution < 1.29 is 18.3 Å². The second kappa shape index (κ2) is 6.22. The van der Waals surface area contributed by atoms with Crippen LogP contribution in [0.1, 0.15) is 27.0 Å². The molecule has 0 aliphatic carbocycles. The van der Waals surface area contributed by atoms with Gasteiger partial charge in [0.25, 0.3) is 0 Å². The molecule has 0 heterocycles. The molecule has 0 unspecified atom stereocenters. The van der Waals surface area contributed by atoms with E-state index in [2.05, 4.69) is 4.74 Å². The van der Waals surface area contributed by atoms with Gasteiger partial charge in [-0.2, -0.15) is 8.78 Å². The zero-order valence-corrected chi connectivity index (χ0v) is 12.2. The third kappa shape index (κ3) is 3.58. The van der Waals surface area contributed by atoms with Crippen molar-refractivity contribution in [3.05, 3.63) is 63.7 Å². The molecule has 0 aliphatic rings. The fraction of sp³-hybridized carbons (Fsp3) is 0.188. The zero-order chi connectivity index (χ0) is 15.6. The van der Waals surface area contributed by atoms with Crippen LogP contribution >= 0.6 is 11.6 Å². The highest BCUT2D eigenvalue weighted by molar-refractivity contribution is 6.31. The van der Waals surface area contributed by atoms with Crippen molar-refractivity contribution in [2.24, 2.45) is 0 Å². The number of carbonyl (C=O) groups is 1. The second-order valence-electron chi connectivity index (χ2n) is 4.65. The molecule has 0 fully saturated rings. The lowest BCUT2D eigenvalue weighted by Crippen LogP contribution is -2.06. The Labute approximate surface area is 126 Å². The fourth-order valence-electron chi connectivity index (χ4n) is 1.99. The highest BCUT2D eigenvalue weighted by atomic mass is 35.5. The Hall–Kier alpha value is -1.94. The largest absolute Gasteiger partial charge is 0.435 e. The zero-order valence-electron chi connectivity index (χ0n) is 11.5. The van der Waals surface area contributed by atoms with Gasteiger partial charge in [-0.15, -0.1) is 0 Å². The first-order valence-corrected chi connectivity index (χ1v) is 6.62. The number of carbonyl (C=O) groups excluding carboxylic acids is 1. The smallest absolute Gasteiger partial charge is 0.387 e. The molecule has 2 rings (SSSR count). The first-order valence-electron chi connectivity index (χ1n) is 6.25. The molecule has 0 amide bonds. The molecule has 21 heavy (non-hydrogen) atoms. The van der Waals surface area contributed by atoms with Crippen molar-refractivity contribution in [1.82, 2.24) is 0 Å². The molecule has 0 aliphatic heterocycles. The number of hydrogen-bond donors (Lipinski definition) is 0. The molecule has 0 N–H and O–H groups in total. The summed E-state index contributed by atoms with van der Waals surface area (Å²) in [6.07, 6.45) is 0. The number of ketones is 1. The van der Waals surface area contributed by atoms with E-state index >= 15 is 0 Å². The Balaban J connectivity index is 2.38. The van der Waals surface area contributed by atoms with Crippen LogP contribution in [0.15, 0.2) is 36.4 Å². The molecular formula is C16H13ClF2O2. The minimum absolute atomic E-state index is 0.0424. The van der Waals surface area contributed by atoms with E-state index in [1.807, 2.05) is 0 Å². The Morgan fingerprint density at radius 3 is 2.52 bits per heavy atom. The summed E-state index contributed by atoms with van der Waals surface area (Å²) < 4.78 is 28.7. The first kappa shape index (κ1) is 15.4. The lowest BCUT2D eigenvalue weighted by molar-refractivity contribution is -0.0498. The van der Waals surface area contributed by atoms with E-state index in [4.69, 9.17) is 11.6 Å². The van der Waals surface area contributed by atoms with Crippen molar-refractivity contribution in [3.8, 4) is 5.75 Å². The van der Waals surface area contributed by atoms with Crippen LogP contribution in [0.3, 0.4) is 0 Å². The minimum atomic E-state index is -2.92. The first-order chi connectivity index (χ1) is 9.88. The van der Waals surface area contributed by atoms with Crippen LogP contribution < -0.4 is 4.74 Å². The summed E-state index contributed by atoms with van der Waals surface area (Å²) in [6, 6.07) is 9.15. The molecule has 2 aromatic rings. The Kier molecular flexibility index (Phi) is 4.58. The SMILES string of the molecule is Cc1cc(C(=O)c2cccc(OC(F)F)c2)c(C)cc1Cl. The van der Waals surface area contributed by atoms with Gasteiger partial charge < -0.3 is 4.74 Å². The molecule has 0 bridgehead atoms. The number of benzene rings is 2. The topological polar surface area (TPSA) is 26.3 Å². The minimum Gasteiger partial charge on any atom is -0.435 e. The monoisotopic (exact) mass is 310 g/mol. The number of rotatable bonds is 4. The van der Waals surface area contributed by atoms with Crippen LogP contribution in [0.4, 0.5) is 8.78 Å². The maximum Gasteiger partial charge on any atom is 0.387 e. The van der Waals surface area contributed by atoms with Crippen molar-refractivity contribution >= 4 is 17.4 Å². The molecule has 0 atom stereocenters. The van der Waals surface area contributed by atoms with E-state index in [0.717, 1.165) is 11.1 Å². The lowest BCUT2D eigenvalue weighted by atomic mass is 9.97. The van der Waals surface area contributed by atoms with Crippen molar-refractivity contribution in [1.29, 1.82) is 0 Å². The molecule has 0 aromatic heterocycles.